The molecule has 36 heavy (non-hydrogen) atoms. The summed E-state index contributed by atoms with van der Waals surface area (Å²) < 4.78 is 10.5. The third-order valence-electron chi connectivity index (χ3n) is 5.31. The van der Waals surface area contributed by atoms with Crippen molar-refractivity contribution in [2.24, 2.45) is 0 Å². The van der Waals surface area contributed by atoms with Crippen LogP contribution in [0.15, 0.2) is 103 Å². The van der Waals surface area contributed by atoms with E-state index < -0.39 is 36.0 Å². The maximum absolute atomic E-state index is 13.3. The number of anilines is 1. The van der Waals surface area contributed by atoms with Crippen molar-refractivity contribution in [1.82, 2.24) is 0 Å². The Hall–Kier alpha value is -4.98. The zero-order valence-corrected chi connectivity index (χ0v) is 18.9. The van der Waals surface area contributed by atoms with E-state index in [1.54, 1.807) is 60.7 Å². The molecule has 0 aliphatic heterocycles. The third kappa shape index (κ3) is 5.56. The van der Waals surface area contributed by atoms with E-state index in [-0.39, 0.29) is 11.1 Å². The van der Waals surface area contributed by atoms with Gasteiger partial charge in [0, 0.05) is 11.1 Å². The molecule has 0 aliphatic rings. The number of rotatable bonds is 8. The lowest BCUT2D eigenvalue weighted by atomic mass is 10.1. The average Bonchev–Trinajstić information content (AvgIpc) is 2.91. The predicted molar refractivity (Wildman–Crippen MR) is 132 cm³/mol. The highest BCUT2D eigenvalue weighted by Gasteiger charge is 2.41. The maximum atomic E-state index is 13.3. The van der Waals surface area contributed by atoms with Crippen LogP contribution in [-0.2, 0) is 19.1 Å². The van der Waals surface area contributed by atoms with E-state index in [0.717, 1.165) is 5.39 Å². The first-order chi connectivity index (χ1) is 17.4. The molecule has 4 rings (SSSR count). The number of carbonyl (C=O) groups is 4. The van der Waals surface area contributed by atoms with Gasteiger partial charge in [-0.1, -0.05) is 72.8 Å². The molecule has 1 amide bonds. The Bertz CT molecular complexity index is 1400. The van der Waals surface area contributed by atoms with E-state index in [0.29, 0.717) is 11.1 Å². The number of hydrogen-bond acceptors (Lipinski definition) is 6. The van der Waals surface area contributed by atoms with E-state index in [4.69, 9.17) is 9.47 Å². The van der Waals surface area contributed by atoms with E-state index >= 15 is 0 Å². The molecule has 0 radical (unpaired) electrons. The van der Waals surface area contributed by atoms with Crippen LogP contribution in [0, 0.1) is 0 Å². The molecular formula is C28H21NO7. The summed E-state index contributed by atoms with van der Waals surface area (Å²) in [6, 6.07) is 27.9. The van der Waals surface area contributed by atoms with Gasteiger partial charge in [0.25, 0.3) is 5.91 Å². The van der Waals surface area contributed by atoms with Crippen molar-refractivity contribution in [3.63, 3.8) is 0 Å². The summed E-state index contributed by atoms with van der Waals surface area (Å²) in [6.45, 7) is 0. The standard InChI is InChI=1S/C28H21NO7/c30-25(29-22-17-9-15-18-10-7-8-16-21(18)22)23(35-27(33)19-11-3-1-4-12-19)24(26(31)32)36-28(34)20-13-5-2-6-14-20/h1-17,23-24H,(H,29,30)(H,31,32). The number of ether oxygens (including phenoxy) is 2. The lowest BCUT2D eigenvalue weighted by Crippen LogP contribution is -2.48. The summed E-state index contributed by atoms with van der Waals surface area (Å²) in [4.78, 5) is 50.9. The number of nitrogens with one attached hydrogen (secondary N) is 1. The van der Waals surface area contributed by atoms with Crippen molar-refractivity contribution in [1.29, 1.82) is 0 Å². The Morgan fingerprint density at radius 2 is 1.11 bits per heavy atom. The molecule has 8 nitrogen and oxygen atoms in total. The van der Waals surface area contributed by atoms with Crippen molar-refractivity contribution in [2.75, 3.05) is 5.32 Å². The van der Waals surface area contributed by atoms with Crippen LogP contribution >= 0.6 is 0 Å². The van der Waals surface area contributed by atoms with Gasteiger partial charge in [0.15, 0.2) is 0 Å². The Balaban J connectivity index is 1.66. The van der Waals surface area contributed by atoms with Crippen molar-refractivity contribution in [3.05, 3.63) is 114 Å². The van der Waals surface area contributed by atoms with Gasteiger partial charge in [-0.2, -0.15) is 0 Å². The number of carbonyl (C=O) groups excluding carboxylic acids is 3. The van der Waals surface area contributed by atoms with E-state index in [1.807, 2.05) is 18.2 Å². The van der Waals surface area contributed by atoms with Crippen LogP contribution in [0.5, 0.6) is 0 Å². The number of carboxylic acids is 1. The summed E-state index contributed by atoms with van der Waals surface area (Å²) in [5.41, 5.74) is 0.544. The molecule has 2 unspecified atom stereocenters. The number of aliphatic carboxylic acids is 1. The number of hydrogen-bond donors (Lipinski definition) is 2. The van der Waals surface area contributed by atoms with Crippen LogP contribution in [0.2, 0.25) is 0 Å². The first kappa shape index (κ1) is 24.2. The molecule has 2 atom stereocenters. The summed E-state index contributed by atoms with van der Waals surface area (Å²) in [5, 5.41) is 14.0. The van der Waals surface area contributed by atoms with Gasteiger partial charge in [0.05, 0.1) is 11.1 Å². The molecular weight excluding hydrogens is 462 g/mol. The van der Waals surface area contributed by atoms with Crippen LogP contribution in [0.25, 0.3) is 10.8 Å². The third-order valence-corrected chi connectivity index (χ3v) is 5.31. The summed E-state index contributed by atoms with van der Waals surface area (Å²) >= 11 is 0. The fourth-order valence-electron chi connectivity index (χ4n) is 3.55. The number of carboxylic acid groups (broad SMARTS) is 1. The van der Waals surface area contributed by atoms with Gasteiger partial charge in [-0.05, 0) is 35.7 Å². The Morgan fingerprint density at radius 1 is 0.611 bits per heavy atom. The molecule has 8 heteroatoms. The van der Waals surface area contributed by atoms with Gasteiger partial charge in [-0.25, -0.2) is 14.4 Å². The topological polar surface area (TPSA) is 119 Å². The molecule has 0 bridgehead atoms. The second-order valence-electron chi connectivity index (χ2n) is 7.74. The quantitative estimate of drug-likeness (QED) is 0.358. The first-order valence-electron chi connectivity index (χ1n) is 11.0. The SMILES string of the molecule is O=C(OC(C(=O)O)C(OC(=O)c1ccccc1)C(=O)Nc1cccc2ccccc12)c1ccccc1. The minimum atomic E-state index is -2.11. The zero-order chi connectivity index (χ0) is 25.5. The molecule has 180 valence electrons. The van der Waals surface area contributed by atoms with Gasteiger partial charge in [0.2, 0.25) is 12.2 Å². The van der Waals surface area contributed by atoms with Crippen LogP contribution in [0.4, 0.5) is 5.69 Å². The molecule has 0 aromatic heterocycles. The van der Waals surface area contributed by atoms with Crippen LogP contribution < -0.4 is 5.32 Å². The molecule has 0 aliphatic carbocycles. The van der Waals surface area contributed by atoms with Crippen molar-refractivity contribution >= 4 is 40.3 Å². The summed E-state index contributed by atoms with van der Waals surface area (Å²) in [6.07, 6.45) is -4.10. The van der Waals surface area contributed by atoms with Crippen molar-refractivity contribution in [2.45, 2.75) is 12.2 Å². The van der Waals surface area contributed by atoms with E-state index in [1.165, 1.54) is 24.3 Å². The Morgan fingerprint density at radius 3 is 1.69 bits per heavy atom. The van der Waals surface area contributed by atoms with Crippen LogP contribution in [0.3, 0.4) is 0 Å². The summed E-state index contributed by atoms with van der Waals surface area (Å²) in [7, 11) is 0. The number of amides is 1. The van der Waals surface area contributed by atoms with Gasteiger partial charge >= 0.3 is 17.9 Å². The highest BCUT2D eigenvalue weighted by Crippen LogP contribution is 2.24. The van der Waals surface area contributed by atoms with Gasteiger partial charge in [-0.15, -0.1) is 0 Å². The number of fused-ring (bicyclic) bond motifs is 1. The lowest BCUT2D eigenvalue weighted by Gasteiger charge is -2.24. The fraction of sp³-hybridized carbons (Fsp3) is 0.0714. The molecule has 0 heterocycles. The van der Waals surface area contributed by atoms with Gasteiger partial charge < -0.3 is 19.9 Å². The molecule has 0 fully saturated rings. The Labute approximate surface area is 206 Å². The minimum absolute atomic E-state index is 0.0753. The maximum Gasteiger partial charge on any atom is 0.349 e. The lowest BCUT2D eigenvalue weighted by molar-refractivity contribution is -0.157. The monoisotopic (exact) mass is 483 g/mol. The van der Waals surface area contributed by atoms with Crippen LogP contribution in [-0.4, -0.2) is 41.1 Å². The Kier molecular flexibility index (Phi) is 7.36. The summed E-state index contributed by atoms with van der Waals surface area (Å²) in [5.74, 6) is -4.56. The fourth-order valence-corrected chi connectivity index (χ4v) is 3.55. The van der Waals surface area contributed by atoms with Gasteiger partial charge in [0.1, 0.15) is 0 Å². The first-order valence-corrected chi connectivity index (χ1v) is 11.0. The highest BCUT2D eigenvalue weighted by molar-refractivity contribution is 6.06. The second-order valence-corrected chi connectivity index (χ2v) is 7.74. The van der Waals surface area contributed by atoms with Crippen molar-refractivity contribution in [3.8, 4) is 0 Å². The molecule has 0 saturated heterocycles. The van der Waals surface area contributed by atoms with E-state index in [9.17, 15) is 24.3 Å². The van der Waals surface area contributed by atoms with E-state index in [2.05, 4.69) is 5.32 Å². The smallest absolute Gasteiger partial charge is 0.349 e. The number of benzene rings is 4. The molecule has 0 spiro atoms. The molecule has 2 N–H and O–H groups in total. The normalized spacial score (nSPS) is 12.2. The predicted octanol–water partition coefficient (Wildman–Crippen LogP) is 4.31. The minimum Gasteiger partial charge on any atom is -0.478 e. The second kappa shape index (κ2) is 11.0. The van der Waals surface area contributed by atoms with Crippen LogP contribution in [0.1, 0.15) is 20.7 Å². The van der Waals surface area contributed by atoms with Gasteiger partial charge in [-0.3, -0.25) is 4.79 Å². The molecule has 4 aromatic carbocycles. The highest BCUT2D eigenvalue weighted by atomic mass is 16.6. The molecule has 4 aromatic rings. The zero-order valence-electron chi connectivity index (χ0n) is 18.9. The largest absolute Gasteiger partial charge is 0.478 e. The van der Waals surface area contributed by atoms with Crippen molar-refractivity contribution < 1.29 is 33.8 Å². The molecule has 0 saturated carbocycles. The number of esters is 2. The average molecular weight is 483 g/mol.